The molecule has 2 aliphatic rings. The summed E-state index contributed by atoms with van der Waals surface area (Å²) in [7, 11) is -4.04. The van der Waals surface area contributed by atoms with Crippen molar-refractivity contribution in [2.45, 2.75) is 24.2 Å². The molecule has 2 aliphatic heterocycles. The smallest absolute Gasteiger partial charge is 0.267 e. The van der Waals surface area contributed by atoms with Gasteiger partial charge in [-0.25, -0.2) is 12.8 Å². The molecule has 4 rings (SSSR count). The molecule has 2 aromatic carbocycles. The minimum Gasteiger partial charge on any atom is -0.338 e. The summed E-state index contributed by atoms with van der Waals surface area (Å²) in [6.07, 6.45) is 4.06. The molecule has 2 heterocycles. The highest BCUT2D eigenvalue weighted by Crippen LogP contribution is 2.40. The third-order valence-corrected chi connectivity index (χ3v) is 7.28. The van der Waals surface area contributed by atoms with E-state index in [0.29, 0.717) is 18.8 Å². The standard InChI is InChI=1S/C20H18BrFN2O3S/c21-14-4-7-16(8-5-14)24-13-19(20(25)23-10-2-1-3-11-23)28(26,27)18-9-6-15(22)12-17(18)24/h4-9,12-13H,1-3,10-11H2. The molecular formula is C20H18BrFN2O3S. The normalized spacial score (nSPS) is 18.4. The van der Waals surface area contributed by atoms with E-state index in [4.69, 9.17) is 0 Å². The molecule has 0 spiro atoms. The summed E-state index contributed by atoms with van der Waals surface area (Å²) in [6, 6.07) is 10.7. The first-order valence-corrected chi connectivity index (χ1v) is 11.3. The van der Waals surface area contributed by atoms with Crippen molar-refractivity contribution in [2.75, 3.05) is 18.0 Å². The molecule has 0 atom stereocenters. The maximum Gasteiger partial charge on any atom is 0.267 e. The molecule has 5 nitrogen and oxygen atoms in total. The highest BCUT2D eigenvalue weighted by molar-refractivity contribution is 9.10. The number of fused-ring (bicyclic) bond motifs is 1. The lowest BCUT2D eigenvalue weighted by atomic mass is 10.1. The third-order valence-electron chi connectivity index (χ3n) is 4.96. The molecule has 0 radical (unpaired) electrons. The van der Waals surface area contributed by atoms with Crippen LogP contribution in [0.25, 0.3) is 0 Å². The zero-order chi connectivity index (χ0) is 19.9. The molecule has 0 N–H and O–H groups in total. The van der Waals surface area contributed by atoms with E-state index in [2.05, 4.69) is 15.9 Å². The predicted octanol–water partition coefficient (Wildman–Crippen LogP) is 4.37. The van der Waals surface area contributed by atoms with Gasteiger partial charge in [-0.05, 0) is 61.7 Å². The number of hydrogen-bond acceptors (Lipinski definition) is 4. The molecule has 0 aliphatic carbocycles. The fraction of sp³-hybridized carbons (Fsp3) is 0.250. The summed E-state index contributed by atoms with van der Waals surface area (Å²) < 4.78 is 41.1. The fourth-order valence-electron chi connectivity index (χ4n) is 3.52. The van der Waals surface area contributed by atoms with Gasteiger partial charge < -0.3 is 9.80 Å². The van der Waals surface area contributed by atoms with Crippen molar-refractivity contribution in [1.29, 1.82) is 0 Å². The average molecular weight is 465 g/mol. The van der Waals surface area contributed by atoms with Gasteiger partial charge in [0, 0.05) is 29.4 Å². The molecule has 2 aromatic rings. The van der Waals surface area contributed by atoms with Crippen LogP contribution in [0.5, 0.6) is 0 Å². The molecule has 146 valence electrons. The summed E-state index contributed by atoms with van der Waals surface area (Å²) in [6.45, 7) is 1.08. The molecule has 1 fully saturated rings. The first kappa shape index (κ1) is 19.1. The van der Waals surface area contributed by atoms with Crippen LogP contribution in [-0.4, -0.2) is 32.3 Å². The Kier molecular flexibility index (Phi) is 5.01. The number of nitrogens with zero attached hydrogens (tertiary/aromatic N) is 2. The number of anilines is 2. The van der Waals surface area contributed by atoms with Gasteiger partial charge in [-0.3, -0.25) is 4.79 Å². The number of amides is 1. The van der Waals surface area contributed by atoms with Gasteiger partial charge in [0.05, 0.1) is 10.6 Å². The van der Waals surface area contributed by atoms with Crippen LogP contribution >= 0.6 is 15.9 Å². The minimum absolute atomic E-state index is 0.0697. The lowest BCUT2D eigenvalue weighted by Gasteiger charge is -2.32. The Bertz CT molecular complexity index is 1060. The van der Waals surface area contributed by atoms with Gasteiger partial charge in [0.2, 0.25) is 9.84 Å². The first-order valence-electron chi connectivity index (χ1n) is 8.98. The third kappa shape index (κ3) is 3.35. The van der Waals surface area contributed by atoms with Crippen LogP contribution in [0.4, 0.5) is 15.8 Å². The molecule has 0 aromatic heterocycles. The number of carbonyl (C=O) groups excluding carboxylic acids is 1. The van der Waals surface area contributed by atoms with Crippen LogP contribution in [0, 0.1) is 5.82 Å². The predicted molar refractivity (Wildman–Crippen MR) is 108 cm³/mol. The maximum atomic E-state index is 13.9. The Morgan fingerprint density at radius 2 is 1.68 bits per heavy atom. The van der Waals surface area contributed by atoms with Crippen molar-refractivity contribution < 1.29 is 17.6 Å². The molecule has 0 unspecified atom stereocenters. The average Bonchev–Trinajstić information content (AvgIpc) is 2.69. The van der Waals surface area contributed by atoms with Crippen LogP contribution < -0.4 is 4.90 Å². The molecule has 1 amide bonds. The zero-order valence-electron chi connectivity index (χ0n) is 14.9. The Hall–Kier alpha value is -2.19. The number of rotatable bonds is 2. The van der Waals surface area contributed by atoms with Crippen LogP contribution in [0.2, 0.25) is 0 Å². The minimum atomic E-state index is -4.04. The van der Waals surface area contributed by atoms with Crippen molar-refractivity contribution in [3.8, 4) is 0 Å². The molecule has 0 saturated carbocycles. The molecule has 1 saturated heterocycles. The van der Waals surface area contributed by atoms with Crippen molar-refractivity contribution in [3.05, 3.63) is 63.9 Å². The van der Waals surface area contributed by atoms with Crippen LogP contribution in [0.1, 0.15) is 19.3 Å². The van der Waals surface area contributed by atoms with Gasteiger partial charge in [0.15, 0.2) is 4.91 Å². The zero-order valence-corrected chi connectivity index (χ0v) is 17.3. The Morgan fingerprint density at radius 1 is 1.00 bits per heavy atom. The number of likely N-dealkylation sites (tertiary alicyclic amines) is 1. The number of benzene rings is 2. The number of halogens is 2. The van der Waals surface area contributed by atoms with Gasteiger partial charge in [0.25, 0.3) is 5.91 Å². The number of hydrogen-bond donors (Lipinski definition) is 0. The van der Waals surface area contributed by atoms with E-state index >= 15 is 0 Å². The van der Waals surface area contributed by atoms with Crippen LogP contribution in [-0.2, 0) is 14.6 Å². The van der Waals surface area contributed by atoms with Crippen molar-refractivity contribution in [1.82, 2.24) is 4.90 Å². The Balaban J connectivity index is 1.87. The summed E-state index contributed by atoms with van der Waals surface area (Å²) in [5, 5.41) is 0. The summed E-state index contributed by atoms with van der Waals surface area (Å²) in [5.41, 5.74) is 0.825. The molecule has 8 heteroatoms. The lowest BCUT2D eigenvalue weighted by Crippen LogP contribution is -2.39. The van der Waals surface area contributed by atoms with E-state index < -0.39 is 21.6 Å². The highest BCUT2D eigenvalue weighted by Gasteiger charge is 2.38. The van der Waals surface area contributed by atoms with E-state index in [0.717, 1.165) is 29.8 Å². The van der Waals surface area contributed by atoms with Gasteiger partial charge in [-0.2, -0.15) is 0 Å². The van der Waals surface area contributed by atoms with Crippen LogP contribution in [0.3, 0.4) is 0 Å². The summed E-state index contributed by atoms with van der Waals surface area (Å²) in [5.74, 6) is -1.05. The van der Waals surface area contributed by atoms with E-state index in [-0.39, 0.29) is 15.5 Å². The lowest BCUT2D eigenvalue weighted by molar-refractivity contribution is -0.127. The van der Waals surface area contributed by atoms with E-state index in [9.17, 15) is 17.6 Å². The van der Waals surface area contributed by atoms with Crippen LogP contribution in [0.15, 0.2) is 62.9 Å². The molecule has 28 heavy (non-hydrogen) atoms. The summed E-state index contributed by atoms with van der Waals surface area (Å²) in [4.78, 5) is 15.8. The fourth-order valence-corrected chi connectivity index (χ4v) is 5.30. The number of carbonyl (C=O) groups is 1. The maximum absolute atomic E-state index is 13.9. The Morgan fingerprint density at radius 3 is 2.36 bits per heavy atom. The van der Waals surface area contributed by atoms with Gasteiger partial charge in [0.1, 0.15) is 5.82 Å². The molecular weight excluding hydrogens is 447 g/mol. The molecule has 0 bridgehead atoms. The quantitative estimate of drug-likeness (QED) is 0.619. The Labute approximate surface area is 171 Å². The monoisotopic (exact) mass is 464 g/mol. The largest absolute Gasteiger partial charge is 0.338 e. The van der Waals surface area contributed by atoms with E-state index in [1.54, 1.807) is 34.1 Å². The second-order valence-corrected chi connectivity index (χ2v) is 9.61. The van der Waals surface area contributed by atoms with Crippen molar-refractivity contribution in [3.63, 3.8) is 0 Å². The number of sulfone groups is 1. The highest BCUT2D eigenvalue weighted by atomic mass is 79.9. The van der Waals surface area contributed by atoms with Gasteiger partial charge >= 0.3 is 0 Å². The SMILES string of the molecule is O=C(C1=CN(c2ccc(Br)cc2)c2cc(F)ccc2S1(=O)=O)N1CCCCC1. The second-order valence-electron chi connectivity index (χ2n) is 6.81. The van der Waals surface area contributed by atoms with E-state index in [1.807, 2.05) is 0 Å². The second kappa shape index (κ2) is 7.33. The first-order chi connectivity index (χ1) is 13.4. The number of piperidine rings is 1. The van der Waals surface area contributed by atoms with E-state index in [1.165, 1.54) is 18.3 Å². The topological polar surface area (TPSA) is 57.7 Å². The van der Waals surface area contributed by atoms with Gasteiger partial charge in [-0.1, -0.05) is 15.9 Å². The van der Waals surface area contributed by atoms with Crippen molar-refractivity contribution in [2.24, 2.45) is 0 Å². The summed E-state index contributed by atoms with van der Waals surface area (Å²) >= 11 is 3.37. The van der Waals surface area contributed by atoms with Gasteiger partial charge in [-0.15, -0.1) is 0 Å². The van der Waals surface area contributed by atoms with Crippen molar-refractivity contribution >= 4 is 43.0 Å².